The minimum absolute atomic E-state index is 0.543. The summed E-state index contributed by atoms with van der Waals surface area (Å²) in [4.78, 5) is 0.952. The fourth-order valence-electron chi connectivity index (χ4n) is 1.62. The van der Waals surface area contributed by atoms with Gasteiger partial charge in [0.2, 0.25) is 0 Å². The third kappa shape index (κ3) is 4.12. The van der Waals surface area contributed by atoms with Gasteiger partial charge >= 0.3 is 0 Å². The van der Waals surface area contributed by atoms with Gasteiger partial charge in [-0.2, -0.15) is 0 Å². The Hall–Kier alpha value is -0.750. The van der Waals surface area contributed by atoms with Crippen molar-refractivity contribution in [1.29, 1.82) is 0 Å². The highest BCUT2D eigenvalue weighted by molar-refractivity contribution is 7.99. The number of aryl methyl sites for hydroxylation is 1. The standard InChI is InChI=1S/C13H15Cl2N3OS/c1-2-12(19)11-8-18(17-16-11)5-6-20-13-7-9(14)3-4-10(13)15/h3-4,7-8,12,19H,2,5-6H2,1H3. The molecule has 1 N–H and O–H groups in total. The smallest absolute Gasteiger partial charge is 0.111 e. The van der Waals surface area contributed by atoms with Crippen LogP contribution in [0, 0.1) is 0 Å². The largest absolute Gasteiger partial charge is 0.387 e. The highest BCUT2D eigenvalue weighted by Crippen LogP contribution is 2.29. The fourth-order valence-corrected chi connectivity index (χ4v) is 3.05. The second kappa shape index (κ2) is 7.31. The molecule has 0 saturated heterocycles. The Morgan fingerprint density at radius 2 is 2.20 bits per heavy atom. The molecule has 1 heterocycles. The fraction of sp³-hybridized carbons (Fsp3) is 0.385. The molecule has 1 aromatic carbocycles. The van der Waals surface area contributed by atoms with E-state index in [0.29, 0.717) is 28.7 Å². The third-order valence-corrected chi connectivity index (χ3v) is 4.47. The van der Waals surface area contributed by atoms with E-state index >= 15 is 0 Å². The number of aliphatic hydroxyl groups is 1. The van der Waals surface area contributed by atoms with E-state index in [9.17, 15) is 5.11 Å². The number of nitrogens with zero attached hydrogens (tertiary/aromatic N) is 3. The van der Waals surface area contributed by atoms with Gasteiger partial charge in [-0.05, 0) is 24.6 Å². The van der Waals surface area contributed by atoms with Gasteiger partial charge in [0.25, 0.3) is 0 Å². The monoisotopic (exact) mass is 331 g/mol. The Balaban J connectivity index is 1.89. The van der Waals surface area contributed by atoms with Crippen molar-refractivity contribution >= 4 is 35.0 Å². The first-order chi connectivity index (χ1) is 9.60. The van der Waals surface area contributed by atoms with E-state index in [4.69, 9.17) is 23.2 Å². The average Bonchev–Trinajstić information content (AvgIpc) is 2.90. The SMILES string of the molecule is CCC(O)c1cn(CCSc2cc(Cl)ccc2Cl)nn1. The summed E-state index contributed by atoms with van der Waals surface area (Å²) in [5, 5.41) is 19.0. The molecule has 1 atom stereocenters. The van der Waals surface area contributed by atoms with E-state index in [1.165, 1.54) is 0 Å². The van der Waals surface area contributed by atoms with Crippen LogP contribution >= 0.6 is 35.0 Å². The lowest BCUT2D eigenvalue weighted by Crippen LogP contribution is -2.01. The average molecular weight is 332 g/mol. The van der Waals surface area contributed by atoms with Crippen LogP contribution in [-0.4, -0.2) is 25.9 Å². The third-order valence-electron chi connectivity index (χ3n) is 2.76. The number of halogens is 2. The maximum atomic E-state index is 9.66. The summed E-state index contributed by atoms with van der Waals surface area (Å²) in [6.07, 6.45) is 1.86. The highest BCUT2D eigenvalue weighted by atomic mass is 35.5. The molecular weight excluding hydrogens is 317 g/mol. The lowest BCUT2D eigenvalue weighted by atomic mass is 10.2. The van der Waals surface area contributed by atoms with E-state index in [1.54, 1.807) is 34.8 Å². The number of hydrogen-bond acceptors (Lipinski definition) is 4. The Labute approximate surface area is 132 Å². The number of hydrogen-bond donors (Lipinski definition) is 1. The molecule has 4 nitrogen and oxygen atoms in total. The van der Waals surface area contributed by atoms with Crippen molar-refractivity contribution in [2.45, 2.75) is 30.9 Å². The second-order valence-corrected chi connectivity index (χ2v) is 6.23. The van der Waals surface area contributed by atoms with Crippen LogP contribution in [0.5, 0.6) is 0 Å². The van der Waals surface area contributed by atoms with Gasteiger partial charge in [0.15, 0.2) is 0 Å². The van der Waals surface area contributed by atoms with Crippen LogP contribution in [0.1, 0.15) is 25.1 Å². The van der Waals surface area contributed by atoms with Crippen molar-refractivity contribution < 1.29 is 5.11 Å². The molecule has 0 aliphatic heterocycles. The van der Waals surface area contributed by atoms with Crippen molar-refractivity contribution in [2.24, 2.45) is 0 Å². The molecule has 0 fully saturated rings. The quantitative estimate of drug-likeness (QED) is 0.817. The van der Waals surface area contributed by atoms with E-state index in [1.807, 2.05) is 13.0 Å². The summed E-state index contributed by atoms with van der Waals surface area (Å²) < 4.78 is 1.72. The number of thioether (sulfide) groups is 1. The lowest BCUT2D eigenvalue weighted by Gasteiger charge is -2.05. The van der Waals surface area contributed by atoms with Gasteiger partial charge in [-0.15, -0.1) is 16.9 Å². The van der Waals surface area contributed by atoms with Crippen molar-refractivity contribution in [3.63, 3.8) is 0 Å². The molecule has 7 heteroatoms. The first-order valence-corrected chi connectivity index (χ1v) is 8.00. The molecular formula is C13H15Cl2N3OS. The predicted molar refractivity (Wildman–Crippen MR) is 82.5 cm³/mol. The van der Waals surface area contributed by atoms with E-state index in [0.717, 1.165) is 10.6 Å². The molecule has 0 radical (unpaired) electrons. The first kappa shape index (κ1) is 15.6. The van der Waals surface area contributed by atoms with Gasteiger partial charge in [-0.1, -0.05) is 35.3 Å². The molecule has 2 aromatic rings. The van der Waals surface area contributed by atoms with Gasteiger partial charge in [0, 0.05) is 15.7 Å². The van der Waals surface area contributed by atoms with E-state index in [2.05, 4.69) is 10.3 Å². The van der Waals surface area contributed by atoms with Crippen LogP contribution in [-0.2, 0) is 6.54 Å². The Kier molecular flexibility index (Phi) is 5.72. The zero-order chi connectivity index (χ0) is 14.5. The van der Waals surface area contributed by atoms with Gasteiger partial charge in [-0.3, -0.25) is 4.68 Å². The molecule has 0 bridgehead atoms. The van der Waals surface area contributed by atoms with Crippen molar-refractivity contribution in [2.75, 3.05) is 5.75 Å². The minimum Gasteiger partial charge on any atom is -0.387 e. The van der Waals surface area contributed by atoms with Crippen molar-refractivity contribution in [3.8, 4) is 0 Å². The Bertz CT molecular complexity index is 576. The summed E-state index contributed by atoms with van der Waals surface area (Å²) in [5.41, 5.74) is 0.610. The zero-order valence-corrected chi connectivity index (χ0v) is 13.3. The van der Waals surface area contributed by atoms with Crippen LogP contribution in [0.2, 0.25) is 10.0 Å². The zero-order valence-electron chi connectivity index (χ0n) is 11.0. The molecule has 108 valence electrons. The number of aliphatic hydroxyl groups excluding tert-OH is 1. The van der Waals surface area contributed by atoms with Gasteiger partial charge < -0.3 is 5.11 Å². The summed E-state index contributed by atoms with van der Waals surface area (Å²) in [6, 6.07) is 5.41. The molecule has 0 saturated carbocycles. The number of benzene rings is 1. The van der Waals surface area contributed by atoms with Gasteiger partial charge in [0.1, 0.15) is 5.69 Å². The summed E-state index contributed by atoms with van der Waals surface area (Å²) in [6.45, 7) is 2.59. The molecule has 20 heavy (non-hydrogen) atoms. The molecule has 1 unspecified atom stereocenters. The number of rotatable bonds is 6. The van der Waals surface area contributed by atoms with Crippen LogP contribution in [0.15, 0.2) is 29.3 Å². The van der Waals surface area contributed by atoms with Gasteiger partial charge in [-0.25, -0.2) is 0 Å². The van der Waals surface area contributed by atoms with Crippen LogP contribution in [0.25, 0.3) is 0 Å². The highest BCUT2D eigenvalue weighted by Gasteiger charge is 2.09. The second-order valence-electron chi connectivity index (χ2n) is 4.25. The molecule has 0 aliphatic carbocycles. The van der Waals surface area contributed by atoms with E-state index < -0.39 is 6.10 Å². The number of aromatic nitrogens is 3. The summed E-state index contributed by atoms with van der Waals surface area (Å²) >= 11 is 13.6. The molecule has 2 rings (SSSR count). The maximum Gasteiger partial charge on any atom is 0.111 e. The van der Waals surface area contributed by atoms with Crippen LogP contribution < -0.4 is 0 Å². The first-order valence-electron chi connectivity index (χ1n) is 6.26. The molecule has 0 amide bonds. The normalized spacial score (nSPS) is 12.6. The topological polar surface area (TPSA) is 50.9 Å². The maximum absolute atomic E-state index is 9.66. The molecule has 0 spiro atoms. The van der Waals surface area contributed by atoms with E-state index in [-0.39, 0.29) is 0 Å². The molecule has 0 aliphatic rings. The van der Waals surface area contributed by atoms with Gasteiger partial charge in [0.05, 0.1) is 23.9 Å². The van der Waals surface area contributed by atoms with Crippen molar-refractivity contribution in [1.82, 2.24) is 15.0 Å². The molecule has 1 aromatic heterocycles. The van der Waals surface area contributed by atoms with Crippen molar-refractivity contribution in [3.05, 3.63) is 40.1 Å². The lowest BCUT2D eigenvalue weighted by molar-refractivity contribution is 0.168. The Morgan fingerprint density at radius 1 is 1.40 bits per heavy atom. The van der Waals surface area contributed by atoms with Crippen LogP contribution in [0.4, 0.5) is 0 Å². The summed E-state index contributed by atoms with van der Waals surface area (Å²) in [7, 11) is 0. The Morgan fingerprint density at radius 3 is 2.95 bits per heavy atom. The van der Waals surface area contributed by atoms with Crippen LogP contribution in [0.3, 0.4) is 0 Å². The summed E-state index contributed by atoms with van der Waals surface area (Å²) in [5.74, 6) is 0.797. The minimum atomic E-state index is -0.543. The predicted octanol–water partition coefficient (Wildman–Crippen LogP) is 3.82.